The molecule has 4 atom stereocenters. The zero-order chi connectivity index (χ0) is 27.8. The molecule has 2 N–H and O–H groups in total. The lowest BCUT2D eigenvalue weighted by Crippen LogP contribution is -2.40. The minimum atomic E-state index is 0.211. The maximum Gasteiger partial charge on any atom is 0.0373 e. The van der Waals surface area contributed by atoms with Crippen LogP contribution >= 0.6 is 0 Å². The van der Waals surface area contributed by atoms with E-state index in [-0.39, 0.29) is 16.2 Å². The van der Waals surface area contributed by atoms with Crippen molar-refractivity contribution in [1.29, 1.82) is 0 Å². The Hall–Kier alpha value is -1.80. The summed E-state index contributed by atoms with van der Waals surface area (Å²) in [7, 11) is 0. The first kappa shape index (κ1) is 29.8. The van der Waals surface area contributed by atoms with E-state index in [4.69, 9.17) is 0 Å². The van der Waals surface area contributed by atoms with Crippen LogP contribution in [0.5, 0.6) is 0 Å². The molecule has 0 fully saturated rings. The van der Waals surface area contributed by atoms with Gasteiger partial charge in [0.25, 0.3) is 0 Å². The third-order valence-corrected chi connectivity index (χ3v) is 8.97. The van der Waals surface area contributed by atoms with Crippen LogP contribution in [0, 0.1) is 34.0 Å². The molecular formula is C35H56N2. The van der Waals surface area contributed by atoms with Crippen molar-refractivity contribution in [2.75, 3.05) is 0 Å². The Morgan fingerprint density at radius 3 is 2.05 bits per heavy atom. The third kappa shape index (κ3) is 7.20. The Morgan fingerprint density at radius 1 is 0.865 bits per heavy atom. The molecule has 0 saturated heterocycles. The topological polar surface area (TPSA) is 24.1 Å². The van der Waals surface area contributed by atoms with E-state index >= 15 is 0 Å². The van der Waals surface area contributed by atoms with Crippen LogP contribution in [-0.4, -0.2) is 12.1 Å². The lowest BCUT2D eigenvalue weighted by molar-refractivity contribution is 0.139. The molecule has 0 amide bonds. The average Bonchev–Trinajstić information content (AvgIpc) is 2.79. The second-order valence-corrected chi connectivity index (χ2v) is 14.9. The summed E-state index contributed by atoms with van der Waals surface area (Å²) in [5, 5.41) is 7.77. The fraction of sp³-hybridized carbons (Fsp3) is 0.657. The van der Waals surface area contributed by atoms with Crippen LogP contribution in [0.4, 0.5) is 0 Å². The predicted molar refractivity (Wildman–Crippen MR) is 163 cm³/mol. The lowest BCUT2D eigenvalue weighted by Gasteiger charge is -2.44. The van der Waals surface area contributed by atoms with Gasteiger partial charge in [-0.2, -0.15) is 0 Å². The van der Waals surface area contributed by atoms with Crippen molar-refractivity contribution in [2.24, 2.45) is 34.0 Å². The van der Waals surface area contributed by atoms with Gasteiger partial charge in [-0.05, 0) is 83.5 Å². The van der Waals surface area contributed by atoms with Crippen molar-refractivity contribution in [3.05, 3.63) is 70.6 Å². The van der Waals surface area contributed by atoms with Gasteiger partial charge in [0, 0.05) is 23.5 Å². The van der Waals surface area contributed by atoms with Gasteiger partial charge in [-0.25, -0.2) is 0 Å². The highest BCUT2D eigenvalue weighted by atomic mass is 15.0. The van der Waals surface area contributed by atoms with Crippen molar-refractivity contribution in [3.8, 4) is 0 Å². The highest BCUT2D eigenvalue weighted by molar-refractivity contribution is 5.40. The first-order valence-electron chi connectivity index (χ1n) is 14.8. The van der Waals surface area contributed by atoms with Gasteiger partial charge < -0.3 is 10.6 Å². The van der Waals surface area contributed by atoms with Crippen LogP contribution in [0.15, 0.2) is 70.6 Å². The fourth-order valence-corrected chi connectivity index (χ4v) is 6.17. The van der Waals surface area contributed by atoms with Gasteiger partial charge >= 0.3 is 0 Å². The monoisotopic (exact) mass is 504 g/mol. The van der Waals surface area contributed by atoms with Crippen LogP contribution in [0.25, 0.3) is 0 Å². The smallest absolute Gasteiger partial charge is 0.0373 e. The molecule has 0 spiro atoms. The normalized spacial score (nSPS) is 27.3. The van der Waals surface area contributed by atoms with Gasteiger partial charge in [0.2, 0.25) is 0 Å². The van der Waals surface area contributed by atoms with Gasteiger partial charge in [-0.3, -0.25) is 0 Å². The van der Waals surface area contributed by atoms with Gasteiger partial charge in [-0.15, -0.1) is 0 Å². The van der Waals surface area contributed by atoms with E-state index in [0.717, 1.165) is 12.8 Å². The highest BCUT2D eigenvalue weighted by Gasteiger charge is 2.39. The van der Waals surface area contributed by atoms with Crippen molar-refractivity contribution in [1.82, 2.24) is 10.6 Å². The van der Waals surface area contributed by atoms with Gasteiger partial charge in [-0.1, -0.05) is 112 Å². The number of allylic oxidation sites excluding steroid dienone is 6. The molecule has 0 aromatic rings. The summed E-state index contributed by atoms with van der Waals surface area (Å²) in [6.07, 6.45) is 20.1. The molecular weight excluding hydrogens is 448 g/mol. The molecule has 206 valence electrons. The summed E-state index contributed by atoms with van der Waals surface area (Å²) in [6, 6.07) is 0.716. The maximum atomic E-state index is 3.96. The van der Waals surface area contributed by atoms with E-state index in [1.165, 1.54) is 23.4 Å². The molecule has 2 nitrogen and oxygen atoms in total. The Bertz CT molecular complexity index is 1010. The zero-order valence-corrected chi connectivity index (χ0v) is 26.0. The van der Waals surface area contributed by atoms with Crippen LogP contribution in [-0.2, 0) is 0 Å². The molecule has 3 aliphatic rings. The van der Waals surface area contributed by atoms with E-state index in [0.29, 0.717) is 29.8 Å². The first-order valence-corrected chi connectivity index (χ1v) is 14.8. The molecule has 0 heterocycles. The average molecular weight is 505 g/mol. The molecule has 37 heavy (non-hydrogen) atoms. The standard InChI is InChI=1S/C35H56N2/c1-13-35(11,12)29-21-27(17-18-28(29)23(2)3)36-25-15-14-16-26(20-25)37-32-22-31(34(8,9)10)30(19-24(32)4)33(5,6)7/h14,16-20,22-23,25,27,30-31,36-37H,13,15,21H2,1-12H3. The molecule has 0 aromatic carbocycles. The second-order valence-electron chi connectivity index (χ2n) is 14.9. The van der Waals surface area contributed by atoms with E-state index in [1.807, 2.05) is 0 Å². The van der Waals surface area contributed by atoms with Crippen molar-refractivity contribution in [3.63, 3.8) is 0 Å². The van der Waals surface area contributed by atoms with E-state index < -0.39 is 0 Å². The molecule has 2 heteroatoms. The number of nitrogens with one attached hydrogen (secondary N) is 2. The summed E-state index contributed by atoms with van der Waals surface area (Å²) in [5.74, 6) is 1.60. The maximum absolute atomic E-state index is 3.96. The molecule has 0 saturated carbocycles. The molecule has 0 aliphatic heterocycles. The molecule has 4 unspecified atom stereocenters. The number of hydrogen-bond donors (Lipinski definition) is 2. The Balaban J connectivity index is 1.76. The Labute approximate surface area is 229 Å². The summed E-state index contributed by atoms with van der Waals surface area (Å²) >= 11 is 0. The first-order chi connectivity index (χ1) is 17.0. The SMILES string of the molecule is CCC(C)(C)C1=C(C(C)C)C=CC(NC2C=C(NC3=CC(C(C)(C)C)C(C(C)(C)C)C=C3C)C=CC2)C1. The van der Waals surface area contributed by atoms with E-state index in [1.54, 1.807) is 11.1 Å². The minimum Gasteiger partial charge on any atom is -0.356 e. The molecule has 3 rings (SSSR count). The van der Waals surface area contributed by atoms with Crippen LogP contribution in [0.3, 0.4) is 0 Å². The van der Waals surface area contributed by atoms with Gasteiger partial charge in [0.05, 0.1) is 0 Å². The lowest BCUT2D eigenvalue weighted by atomic mass is 9.62. The van der Waals surface area contributed by atoms with Crippen molar-refractivity contribution in [2.45, 2.75) is 114 Å². The van der Waals surface area contributed by atoms with Crippen LogP contribution in [0.2, 0.25) is 0 Å². The summed E-state index contributed by atoms with van der Waals surface area (Å²) in [4.78, 5) is 0. The van der Waals surface area contributed by atoms with E-state index in [2.05, 4.69) is 136 Å². The zero-order valence-electron chi connectivity index (χ0n) is 26.0. The molecule has 0 bridgehead atoms. The predicted octanol–water partition coefficient (Wildman–Crippen LogP) is 9.26. The van der Waals surface area contributed by atoms with Crippen LogP contribution < -0.4 is 10.6 Å². The quantitative estimate of drug-likeness (QED) is 0.361. The van der Waals surface area contributed by atoms with Gasteiger partial charge in [0.15, 0.2) is 0 Å². The largest absolute Gasteiger partial charge is 0.356 e. The highest BCUT2D eigenvalue weighted by Crippen LogP contribution is 2.46. The summed E-state index contributed by atoms with van der Waals surface area (Å²) in [5.41, 5.74) is 7.70. The molecule has 3 aliphatic carbocycles. The molecule has 0 aromatic heterocycles. The Kier molecular flexibility index (Phi) is 8.95. The molecule has 0 radical (unpaired) electrons. The number of rotatable bonds is 7. The van der Waals surface area contributed by atoms with Gasteiger partial charge in [0.1, 0.15) is 0 Å². The summed E-state index contributed by atoms with van der Waals surface area (Å²) in [6.45, 7) is 28.3. The number of hydrogen-bond acceptors (Lipinski definition) is 2. The van der Waals surface area contributed by atoms with Crippen molar-refractivity contribution < 1.29 is 0 Å². The second kappa shape index (κ2) is 11.1. The third-order valence-electron chi connectivity index (χ3n) is 8.97. The van der Waals surface area contributed by atoms with Crippen LogP contribution in [0.1, 0.15) is 102 Å². The summed E-state index contributed by atoms with van der Waals surface area (Å²) < 4.78 is 0. The minimum absolute atomic E-state index is 0.211. The van der Waals surface area contributed by atoms with Crippen molar-refractivity contribution >= 4 is 0 Å². The Morgan fingerprint density at radius 2 is 1.49 bits per heavy atom. The van der Waals surface area contributed by atoms with E-state index in [9.17, 15) is 0 Å². The fourth-order valence-electron chi connectivity index (χ4n) is 6.17.